The van der Waals surface area contributed by atoms with Crippen molar-refractivity contribution in [2.75, 3.05) is 17.7 Å². The summed E-state index contributed by atoms with van der Waals surface area (Å²) >= 11 is 0. The van der Waals surface area contributed by atoms with E-state index in [1.54, 1.807) is 29.9 Å². The number of hydrogen-bond donors (Lipinski definition) is 2. The molecule has 0 spiro atoms. The van der Waals surface area contributed by atoms with Gasteiger partial charge in [0.1, 0.15) is 6.67 Å². The molecule has 21 heavy (non-hydrogen) atoms. The number of anilines is 2. The van der Waals surface area contributed by atoms with Crippen LogP contribution in [-0.2, 0) is 13.2 Å². The van der Waals surface area contributed by atoms with Gasteiger partial charge in [0.05, 0.1) is 0 Å². The molecule has 0 bridgehead atoms. The van der Waals surface area contributed by atoms with E-state index in [0.29, 0.717) is 29.5 Å². The van der Waals surface area contributed by atoms with Gasteiger partial charge in [0.25, 0.3) is 0 Å². The van der Waals surface area contributed by atoms with Gasteiger partial charge in [0.15, 0.2) is 5.82 Å². The van der Waals surface area contributed by atoms with Crippen molar-refractivity contribution in [1.29, 1.82) is 0 Å². The maximum absolute atomic E-state index is 12.9. The maximum atomic E-state index is 12.9. The largest absolute Gasteiger partial charge is 0.363 e. The summed E-state index contributed by atoms with van der Waals surface area (Å²) in [5.41, 5.74) is 2.20. The molecule has 0 radical (unpaired) electrons. The van der Waals surface area contributed by atoms with Crippen molar-refractivity contribution in [2.45, 2.75) is 13.2 Å². The number of benzene rings is 1. The number of fused-ring (bicyclic) bond motifs is 1. The van der Waals surface area contributed by atoms with Gasteiger partial charge in [-0.15, -0.1) is 10.2 Å². The first-order chi connectivity index (χ1) is 10.3. The molecule has 2 N–H and O–H groups in total. The van der Waals surface area contributed by atoms with Gasteiger partial charge in [-0.25, -0.2) is 9.37 Å². The lowest BCUT2D eigenvalue weighted by Gasteiger charge is -2.09. The Kier molecular flexibility index (Phi) is 3.63. The molecule has 3 rings (SSSR count). The molecule has 0 aliphatic heterocycles. The Morgan fingerprint density at radius 2 is 2.00 bits per heavy atom. The molecule has 0 amide bonds. The molecule has 1 aromatic carbocycles. The van der Waals surface area contributed by atoms with Gasteiger partial charge >= 0.3 is 0 Å². The molecule has 0 saturated carbocycles. The Hall–Kier alpha value is -2.70. The predicted molar refractivity (Wildman–Crippen MR) is 78.9 cm³/mol. The summed E-state index contributed by atoms with van der Waals surface area (Å²) in [5, 5.41) is 14.3. The highest BCUT2D eigenvalue weighted by atomic mass is 19.1. The van der Waals surface area contributed by atoms with Gasteiger partial charge < -0.3 is 10.6 Å². The predicted octanol–water partition coefficient (Wildman–Crippen LogP) is 2.25. The summed E-state index contributed by atoms with van der Waals surface area (Å²) in [7, 11) is 1.78. The molecule has 0 atom stereocenters. The first kappa shape index (κ1) is 13.3. The van der Waals surface area contributed by atoms with Crippen LogP contribution >= 0.6 is 0 Å². The normalized spacial score (nSPS) is 10.8. The van der Waals surface area contributed by atoms with Gasteiger partial charge in [-0.05, 0) is 11.1 Å². The van der Waals surface area contributed by atoms with Crippen LogP contribution in [0.1, 0.15) is 11.1 Å². The molecule has 0 saturated heterocycles. The van der Waals surface area contributed by atoms with Gasteiger partial charge in [0.2, 0.25) is 11.6 Å². The lowest BCUT2D eigenvalue weighted by Crippen LogP contribution is -2.06. The van der Waals surface area contributed by atoms with E-state index in [-0.39, 0.29) is 0 Å². The summed E-state index contributed by atoms with van der Waals surface area (Å²) in [5.74, 6) is 1.25. The summed E-state index contributed by atoms with van der Waals surface area (Å²) in [6.45, 7) is -0.00116. The summed E-state index contributed by atoms with van der Waals surface area (Å²) in [4.78, 5) is 4.27. The second-order valence-corrected chi connectivity index (χ2v) is 4.50. The van der Waals surface area contributed by atoms with E-state index in [2.05, 4.69) is 25.8 Å². The summed E-state index contributed by atoms with van der Waals surface area (Å²) in [6.07, 6.45) is 3.45. The summed E-state index contributed by atoms with van der Waals surface area (Å²) < 4.78 is 14.7. The molecular formula is C14H15FN6. The fraction of sp³-hybridized carbons (Fsp3) is 0.214. The minimum atomic E-state index is -0.482. The van der Waals surface area contributed by atoms with Crippen LogP contribution in [0.15, 0.2) is 36.7 Å². The average Bonchev–Trinajstić information content (AvgIpc) is 2.96. The number of nitrogens with one attached hydrogen (secondary N) is 2. The Labute approximate surface area is 121 Å². The van der Waals surface area contributed by atoms with Crippen LogP contribution in [0.4, 0.5) is 16.2 Å². The van der Waals surface area contributed by atoms with E-state index in [1.807, 2.05) is 18.2 Å². The standard InChI is InChI=1S/C14H15FN6/c1-16-14-20-19-13-12(17-6-7-21(13)14)18-9-11-5-3-2-4-10(11)8-15/h2-7H,8-9H2,1H3,(H,16,20)(H,17,18). The smallest absolute Gasteiger partial charge is 0.228 e. The number of nitrogens with zero attached hydrogens (tertiary/aromatic N) is 4. The van der Waals surface area contributed by atoms with Crippen LogP contribution in [0.5, 0.6) is 0 Å². The number of aromatic nitrogens is 4. The second-order valence-electron chi connectivity index (χ2n) is 4.50. The first-order valence-corrected chi connectivity index (χ1v) is 6.57. The number of alkyl halides is 1. The van der Waals surface area contributed by atoms with Crippen LogP contribution in [0.25, 0.3) is 5.65 Å². The topological polar surface area (TPSA) is 67.1 Å². The van der Waals surface area contributed by atoms with Crippen LogP contribution < -0.4 is 10.6 Å². The van der Waals surface area contributed by atoms with Crippen LogP contribution in [-0.4, -0.2) is 26.6 Å². The molecule has 2 aromatic heterocycles. The van der Waals surface area contributed by atoms with Crippen molar-refractivity contribution >= 4 is 17.4 Å². The van der Waals surface area contributed by atoms with E-state index in [9.17, 15) is 4.39 Å². The molecule has 2 heterocycles. The van der Waals surface area contributed by atoms with Crippen molar-refractivity contribution < 1.29 is 4.39 Å². The Balaban J connectivity index is 1.87. The lowest BCUT2D eigenvalue weighted by atomic mass is 10.1. The van der Waals surface area contributed by atoms with Gasteiger partial charge in [-0.1, -0.05) is 24.3 Å². The molecule has 3 aromatic rings. The van der Waals surface area contributed by atoms with E-state index in [1.165, 1.54) is 0 Å². The third-order valence-corrected chi connectivity index (χ3v) is 3.26. The number of hydrogen-bond acceptors (Lipinski definition) is 5. The molecule has 7 heteroatoms. The average molecular weight is 286 g/mol. The van der Waals surface area contributed by atoms with Gasteiger partial charge in [-0.3, -0.25) is 4.40 Å². The quantitative estimate of drug-likeness (QED) is 0.753. The molecule has 108 valence electrons. The highest BCUT2D eigenvalue weighted by Gasteiger charge is 2.09. The van der Waals surface area contributed by atoms with E-state index < -0.39 is 6.67 Å². The molecule has 0 aliphatic rings. The van der Waals surface area contributed by atoms with E-state index in [4.69, 9.17) is 0 Å². The fourth-order valence-electron chi connectivity index (χ4n) is 2.16. The molecule has 0 aliphatic carbocycles. The van der Waals surface area contributed by atoms with Crippen LogP contribution in [0.3, 0.4) is 0 Å². The van der Waals surface area contributed by atoms with Crippen molar-refractivity contribution in [1.82, 2.24) is 19.6 Å². The van der Waals surface area contributed by atoms with Crippen molar-refractivity contribution in [3.63, 3.8) is 0 Å². The third kappa shape index (κ3) is 2.49. The Morgan fingerprint density at radius 1 is 1.19 bits per heavy atom. The van der Waals surface area contributed by atoms with Crippen molar-refractivity contribution in [3.05, 3.63) is 47.8 Å². The maximum Gasteiger partial charge on any atom is 0.228 e. The minimum absolute atomic E-state index is 0.481. The number of rotatable bonds is 5. The lowest BCUT2D eigenvalue weighted by molar-refractivity contribution is 0.483. The molecule has 0 fully saturated rings. The van der Waals surface area contributed by atoms with E-state index in [0.717, 1.165) is 5.56 Å². The zero-order chi connectivity index (χ0) is 14.7. The zero-order valence-corrected chi connectivity index (χ0v) is 11.5. The highest BCUT2D eigenvalue weighted by molar-refractivity contribution is 5.64. The van der Waals surface area contributed by atoms with Gasteiger partial charge in [-0.2, -0.15) is 0 Å². The number of halogens is 1. The molecule has 6 nitrogen and oxygen atoms in total. The minimum Gasteiger partial charge on any atom is -0.363 e. The van der Waals surface area contributed by atoms with Crippen LogP contribution in [0.2, 0.25) is 0 Å². The third-order valence-electron chi connectivity index (χ3n) is 3.26. The monoisotopic (exact) mass is 286 g/mol. The van der Waals surface area contributed by atoms with E-state index >= 15 is 0 Å². The van der Waals surface area contributed by atoms with Crippen molar-refractivity contribution in [2.24, 2.45) is 0 Å². The summed E-state index contributed by atoms with van der Waals surface area (Å²) in [6, 6.07) is 7.39. The SMILES string of the molecule is CNc1nnc2c(NCc3ccccc3CF)nccn12. The van der Waals surface area contributed by atoms with Gasteiger partial charge in [0, 0.05) is 26.0 Å². The van der Waals surface area contributed by atoms with Crippen LogP contribution in [0, 0.1) is 0 Å². The molecular weight excluding hydrogens is 271 g/mol. The Morgan fingerprint density at radius 3 is 2.76 bits per heavy atom. The fourth-order valence-corrected chi connectivity index (χ4v) is 2.16. The second kappa shape index (κ2) is 5.74. The highest BCUT2D eigenvalue weighted by Crippen LogP contribution is 2.17. The first-order valence-electron chi connectivity index (χ1n) is 6.57. The Bertz CT molecular complexity index is 754. The van der Waals surface area contributed by atoms with Crippen molar-refractivity contribution in [3.8, 4) is 0 Å². The molecule has 0 unspecified atom stereocenters. The zero-order valence-electron chi connectivity index (χ0n) is 11.5.